The first-order chi connectivity index (χ1) is 9.69. The number of benzene rings is 1. The molecule has 2 aromatic rings. The molecule has 0 N–H and O–H groups in total. The lowest BCUT2D eigenvalue weighted by Gasteiger charge is -2.10. The highest BCUT2D eigenvalue weighted by atomic mass is 16.5. The minimum atomic E-state index is 0.183. The summed E-state index contributed by atoms with van der Waals surface area (Å²) in [6, 6.07) is 3.62. The molecule has 5 nitrogen and oxygen atoms in total. The van der Waals surface area contributed by atoms with Gasteiger partial charge in [-0.1, -0.05) is 6.92 Å². The van der Waals surface area contributed by atoms with Crippen LogP contribution >= 0.6 is 0 Å². The van der Waals surface area contributed by atoms with E-state index in [0.29, 0.717) is 24.3 Å². The Hall–Kier alpha value is -2.17. The van der Waals surface area contributed by atoms with Gasteiger partial charge in [-0.2, -0.15) is 0 Å². The van der Waals surface area contributed by atoms with E-state index in [0.717, 1.165) is 23.0 Å². The molecule has 0 amide bonds. The maximum absolute atomic E-state index is 11.8. The number of ketones is 1. The van der Waals surface area contributed by atoms with E-state index in [2.05, 4.69) is 9.97 Å². The quantitative estimate of drug-likeness (QED) is 0.810. The Bertz CT molecular complexity index is 626. The summed E-state index contributed by atoms with van der Waals surface area (Å²) in [4.78, 5) is 20.3. The second-order valence-electron chi connectivity index (χ2n) is 4.51. The van der Waals surface area contributed by atoms with Crippen LogP contribution in [0.4, 0.5) is 0 Å². The van der Waals surface area contributed by atoms with Crippen LogP contribution in [-0.2, 0) is 11.2 Å². The Kier molecular flexibility index (Phi) is 4.50. The summed E-state index contributed by atoms with van der Waals surface area (Å²) >= 11 is 0. The molecule has 0 aliphatic heterocycles. The van der Waals surface area contributed by atoms with Gasteiger partial charge in [0.1, 0.15) is 12.1 Å². The SMILES string of the molecule is CCCC(=O)Cc1ncnc2cc(OC)c(OC)cc12. The summed E-state index contributed by atoms with van der Waals surface area (Å²) in [6.45, 7) is 1.99. The van der Waals surface area contributed by atoms with Crippen molar-refractivity contribution in [3.63, 3.8) is 0 Å². The summed E-state index contributed by atoms with van der Waals surface area (Å²) in [7, 11) is 3.16. The van der Waals surface area contributed by atoms with Crippen LogP contribution in [0.2, 0.25) is 0 Å². The Morgan fingerprint density at radius 2 is 1.85 bits per heavy atom. The zero-order valence-electron chi connectivity index (χ0n) is 12.0. The molecule has 20 heavy (non-hydrogen) atoms. The fraction of sp³-hybridized carbons (Fsp3) is 0.400. The topological polar surface area (TPSA) is 61.3 Å². The van der Waals surface area contributed by atoms with E-state index >= 15 is 0 Å². The predicted molar refractivity (Wildman–Crippen MR) is 76.3 cm³/mol. The largest absolute Gasteiger partial charge is 0.493 e. The monoisotopic (exact) mass is 274 g/mol. The highest BCUT2D eigenvalue weighted by molar-refractivity contribution is 5.89. The average Bonchev–Trinajstić information content (AvgIpc) is 2.46. The van der Waals surface area contributed by atoms with Crippen molar-refractivity contribution in [1.82, 2.24) is 9.97 Å². The number of hydrogen-bond donors (Lipinski definition) is 0. The standard InChI is InChI=1S/C15H18N2O3/c1-4-5-10(18)6-12-11-7-14(19-2)15(20-3)8-13(11)17-9-16-12/h7-9H,4-6H2,1-3H3. The van der Waals surface area contributed by atoms with Gasteiger partial charge in [-0.3, -0.25) is 4.79 Å². The van der Waals surface area contributed by atoms with E-state index in [1.54, 1.807) is 20.3 Å². The molecule has 0 atom stereocenters. The van der Waals surface area contributed by atoms with Gasteiger partial charge in [0.2, 0.25) is 0 Å². The van der Waals surface area contributed by atoms with Gasteiger partial charge in [0.05, 0.1) is 25.4 Å². The Labute approximate surface area is 117 Å². The molecule has 0 aliphatic carbocycles. The van der Waals surface area contributed by atoms with Crippen LogP contribution < -0.4 is 9.47 Å². The second-order valence-corrected chi connectivity index (χ2v) is 4.51. The molecular weight excluding hydrogens is 256 g/mol. The molecular formula is C15H18N2O3. The first-order valence-electron chi connectivity index (χ1n) is 6.56. The number of fused-ring (bicyclic) bond motifs is 1. The van der Waals surface area contributed by atoms with Crippen molar-refractivity contribution < 1.29 is 14.3 Å². The number of carbonyl (C=O) groups is 1. The van der Waals surface area contributed by atoms with Crippen molar-refractivity contribution in [3.8, 4) is 11.5 Å². The highest BCUT2D eigenvalue weighted by Gasteiger charge is 2.12. The fourth-order valence-corrected chi connectivity index (χ4v) is 2.13. The van der Waals surface area contributed by atoms with Gasteiger partial charge in [-0.25, -0.2) is 9.97 Å². The summed E-state index contributed by atoms with van der Waals surface area (Å²) in [5, 5.41) is 0.828. The molecule has 106 valence electrons. The number of aromatic nitrogens is 2. The lowest BCUT2D eigenvalue weighted by Crippen LogP contribution is -2.05. The first kappa shape index (κ1) is 14.2. The predicted octanol–water partition coefficient (Wildman–Crippen LogP) is 2.56. The number of nitrogens with zero attached hydrogens (tertiary/aromatic N) is 2. The Morgan fingerprint density at radius 3 is 2.50 bits per heavy atom. The number of methoxy groups -OCH3 is 2. The van der Waals surface area contributed by atoms with E-state index in [9.17, 15) is 4.79 Å². The first-order valence-corrected chi connectivity index (χ1v) is 6.56. The zero-order valence-corrected chi connectivity index (χ0v) is 12.0. The average molecular weight is 274 g/mol. The molecule has 0 aliphatic rings. The van der Waals surface area contributed by atoms with Crippen LogP contribution in [0.1, 0.15) is 25.5 Å². The molecule has 0 radical (unpaired) electrons. The molecule has 1 aromatic carbocycles. The normalized spacial score (nSPS) is 10.6. The summed E-state index contributed by atoms with van der Waals surface area (Å²) in [6.07, 6.45) is 3.21. The molecule has 2 rings (SSSR count). The zero-order chi connectivity index (χ0) is 14.5. The smallest absolute Gasteiger partial charge is 0.162 e. The number of rotatable bonds is 6. The van der Waals surface area contributed by atoms with Crippen LogP contribution in [-0.4, -0.2) is 30.0 Å². The highest BCUT2D eigenvalue weighted by Crippen LogP contribution is 2.32. The second kappa shape index (κ2) is 6.32. The number of carbonyl (C=O) groups excluding carboxylic acids is 1. The molecule has 0 unspecified atom stereocenters. The van der Waals surface area contributed by atoms with Crippen LogP contribution in [0.5, 0.6) is 11.5 Å². The van der Waals surface area contributed by atoms with E-state index in [4.69, 9.17) is 9.47 Å². The molecule has 0 bridgehead atoms. The molecule has 0 saturated carbocycles. The molecule has 5 heteroatoms. The number of ether oxygens (including phenoxy) is 2. The van der Waals surface area contributed by atoms with Crippen LogP contribution in [0, 0.1) is 0 Å². The fourth-order valence-electron chi connectivity index (χ4n) is 2.13. The van der Waals surface area contributed by atoms with E-state index < -0.39 is 0 Å². The lowest BCUT2D eigenvalue weighted by atomic mass is 10.1. The van der Waals surface area contributed by atoms with Crippen molar-refractivity contribution in [3.05, 3.63) is 24.2 Å². The van der Waals surface area contributed by atoms with Gasteiger partial charge in [0.25, 0.3) is 0 Å². The third-order valence-electron chi connectivity index (χ3n) is 3.12. The summed E-state index contributed by atoms with van der Waals surface area (Å²) in [5.74, 6) is 1.41. The van der Waals surface area contributed by atoms with Gasteiger partial charge in [0, 0.05) is 24.3 Å². The van der Waals surface area contributed by atoms with Crippen LogP contribution in [0.15, 0.2) is 18.5 Å². The lowest BCUT2D eigenvalue weighted by molar-refractivity contribution is -0.118. The third kappa shape index (κ3) is 2.87. The van der Waals surface area contributed by atoms with Crippen LogP contribution in [0.3, 0.4) is 0 Å². The molecule has 0 fully saturated rings. The molecule has 1 aromatic heterocycles. The van der Waals surface area contributed by atoms with Crippen molar-refractivity contribution in [2.75, 3.05) is 14.2 Å². The Balaban J connectivity index is 2.48. The van der Waals surface area contributed by atoms with Crippen molar-refractivity contribution in [2.45, 2.75) is 26.2 Å². The number of Topliss-reactive ketones (excluding diaryl/α,β-unsaturated/α-hetero) is 1. The molecule has 0 spiro atoms. The minimum absolute atomic E-state index is 0.183. The van der Waals surface area contributed by atoms with Crippen molar-refractivity contribution >= 4 is 16.7 Å². The summed E-state index contributed by atoms with van der Waals surface area (Å²) < 4.78 is 10.5. The van der Waals surface area contributed by atoms with Gasteiger partial charge in [-0.05, 0) is 12.5 Å². The van der Waals surface area contributed by atoms with E-state index in [1.165, 1.54) is 6.33 Å². The molecule has 1 heterocycles. The summed E-state index contributed by atoms with van der Waals surface area (Å²) in [5.41, 5.74) is 1.48. The van der Waals surface area contributed by atoms with Crippen LogP contribution in [0.25, 0.3) is 10.9 Å². The van der Waals surface area contributed by atoms with E-state index in [1.807, 2.05) is 13.0 Å². The van der Waals surface area contributed by atoms with E-state index in [-0.39, 0.29) is 5.78 Å². The van der Waals surface area contributed by atoms with Gasteiger partial charge in [0.15, 0.2) is 11.5 Å². The van der Waals surface area contributed by atoms with Crippen molar-refractivity contribution in [1.29, 1.82) is 0 Å². The van der Waals surface area contributed by atoms with Gasteiger partial charge in [-0.15, -0.1) is 0 Å². The molecule has 0 saturated heterocycles. The van der Waals surface area contributed by atoms with Gasteiger partial charge < -0.3 is 9.47 Å². The third-order valence-corrected chi connectivity index (χ3v) is 3.12. The maximum Gasteiger partial charge on any atom is 0.162 e. The van der Waals surface area contributed by atoms with Gasteiger partial charge >= 0.3 is 0 Å². The minimum Gasteiger partial charge on any atom is -0.493 e. The number of hydrogen-bond acceptors (Lipinski definition) is 5. The van der Waals surface area contributed by atoms with Crippen molar-refractivity contribution in [2.24, 2.45) is 0 Å². The Morgan fingerprint density at radius 1 is 1.15 bits per heavy atom. The maximum atomic E-state index is 11.8.